The van der Waals surface area contributed by atoms with Crippen molar-refractivity contribution in [3.05, 3.63) is 22.8 Å². The first kappa shape index (κ1) is 13.2. The molecule has 0 saturated carbocycles. The van der Waals surface area contributed by atoms with Crippen molar-refractivity contribution in [2.24, 2.45) is 0 Å². The number of anilines is 1. The molecule has 1 rings (SSSR count). The third kappa shape index (κ3) is 5.26. The van der Waals surface area contributed by atoms with Crippen LogP contribution in [0.1, 0.15) is 39.0 Å². The van der Waals surface area contributed by atoms with Crippen molar-refractivity contribution in [1.82, 2.24) is 4.98 Å². The second kappa shape index (κ2) is 7.39. The van der Waals surface area contributed by atoms with Gasteiger partial charge in [0, 0.05) is 17.1 Å². The first-order valence-corrected chi connectivity index (χ1v) is 6.43. The Balaban J connectivity index is 2.29. The van der Waals surface area contributed by atoms with E-state index in [1.54, 1.807) is 12.3 Å². The molecule has 0 aliphatic rings. The van der Waals surface area contributed by atoms with Gasteiger partial charge >= 0.3 is 0 Å². The van der Waals surface area contributed by atoms with E-state index in [9.17, 15) is 4.79 Å². The molecule has 0 aliphatic heterocycles. The Hall–Kier alpha value is -0.900. The number of carbonyl (C=O) groups is 1. The van der Waals surface area contributed by atoms with E-state index in [-0.39, 0.29) is 5.91 Å². The van der Waals surface area contributed by atoms with Crippen LogP contribution in [0.25, 0.3) is 0 Å². The molecule has 4 heteroatoms. The highest BCUT2D eigenvalue weighted by Crippen LogP contribution is 2.13. The summed E-state index contributed by atoms with van der Waals surface area (Å²) in [5, 5.41) is 2.78. The molecular formula is C12H17BrN2O. The van der Waals surface area contributed by atoms with Crippen molar-refractivity contribution in [2.45, 2.75) is 39.0 Å². The first-order chi connectivity index (χ1) is 7.72. The summed E-state index contributed by atoms with van der Waals surface area (Å²) >= 11 is 3.33. The molecule has 88 valence electrons. The van der Waals surface area contributed by atoms with E-state index in [0.717, 1.165) is 17.3 Å². The zero-order chi connectivity index (χ0) is 11.8. The van der Waals surface area contributed by atoms with E-state index in [2.05, 4.69) is 33.2 Å². The quantitative estimate of drug-likeness (QED) is 0.809. The summed E-state index contributed by atoms with van der Waals surface area (Å²) in [6.45, 7) is 2.16. The van der Waals surface area contributed by atoms with Gasteiger partial charge in [0.2, 0.25) is 5.91 Å². The van der Waals surface area contributed by atoms with Gasteiger partial charge in [-0.2, -0.15) is 0 Å². The van der Waals surface area contributed by atoms with Gasteiger partial charge in [-0.15, -0.1) is 0 Å². The predicted octanol–water partition coefficient (Wildman–Crippen LogP) is 3.75. The number of amides is 1. The molecule has 0 unspecified atom stereocenters. The molecule has 0 radical (unpaired) electrons. The lowest BCUT2D eigenvalue weighted by atomic mass is 10.1. The smallest absolute Gasteiger partial charge is 0.225 e. The summed E-state index contributed by atoms with van der Waals surface area (Å²) in [6, 6.07) is 3.63. The fourth-order valence-corrected chi connectivity index (χ4v) is 1.73. The van der Waals surface area contributed by atoms with Gasteiger partial charge in [-0.1, -0.05) is 42.1 Å². The summed E-state index contributed by atoms with van der Waals surface area (Å²) in [4.78, 5) is 15.6. The molecule has 1 amide bonds. The van der Waals surface area contributed by atoms with E-state index in [1.165, 1.54) is 12.8 Å². The molecular weight excluding hydrogens is 268 g/mol. The fourth-order valence-electron chi connectivity index (χ4n) is 1.39. The topological polar surface area (TPSA) is 42.0 Å². The van der Waals surface area contributed by atoms with Crippen molar-refractivity contribution < 1.29 is 4.79 Å². The normalized spacial score (nSPS) is 10.1. The average molecular weight is 285 g/mol. The maximum Gasteiger partial charge on any atom is 0.225 e. The third-order valence-electron chi connectivity index (χ3n) is 2.25. The van der Waals surface area contributed by atoms with Crippen LogP contribution in [0.3, 0.4) is 0 Å². The SMILES string of the molecule is CCCCCCC(=O)Nc1cc(Br)ccn1. The van der Waals surface area contributed by atoms with Gasteiger partial charge in [0.15, 0.2) is 0 Å². The Kier molecular flexibility index (Phi) is 6.08. The van der Waals surface area contributed by atoms with Gasteiger partial charge in [-0.25, -0.2) is 4.98 Å². The van der Waals surface area contributed by atoms with Crippen molar-refractivity contribution in [3.8, 4) is 0 Å². The third-order valence-corrected chi connectivity index (χ3v) is 2.74. The zero-order valence-electron chi connectivity index (χ0n) is 9.50. The van der Waals surface area contributed by atoms with Gasteiger partial charge in [0.25, 0.3) is 0 Å². The standard InChI is InChI=1S/C12H17BrN2O/c1-2-3-4-5-6-12(16)15-11-9-10(13)7-8-14-11/h7-9H,2-6H2,1H3,(H,14,15,16). The summed E-state index contributed by atoms with van der Waals surface area (Å²) in [5.74, 6) is 0.650. The molecule has 16 heavy (non-hydrogen) atoms. The number of hydrogen-bond donors (Lipinski definition) is 1. The van der Waals surface area contributed by atoms with Crippen LogP contribution in [0.5, 0.6) is 0 Å². The van der Waals surface area contributed by atoms with E-state index in [0.29, 0.717) is 12.2 Å². The van der Waals surface area contributed by atoms with E-state index < -0.39 is 0 Å². The fraction of sp³-hybridized carbons (Fsp3) is 0.500. The molecule has 0 fully saturated rings. The summed E-state index contributed by atoms with van der Waals surface area (Å²) in [6.07, 6.45) is 6.70. The van der Waals surface area contributed by atoms with Crippen molar-refractivity contribution in [1.29, 1.82) is 0 Å². The average Bonchev–Trinajstić information content (AvgIpc) is 2.24. The summed E-state index contributed by atoms with van der Waals surface area (Å²) in [5.41, 5.74) is 0. The molecule has 0 aliphatic carbocycles. The number of halogens is 1. The lowest BCUT2D eigenvalue weighted by molar-refractivity contribution is -0.116. The maximum atomic E-state index is 11.5. The van der Waals surface area contributed by atoms with Crippen LogP contribution in [0, 0.1) is 0 Å². The Morgan fingerprint density at radius 1 is 1.44 bits per heavy atom. The summed E-state index contributed by atoms with van der Waals surface area (Å²) in [7, 11) is 0. The number of aromatic nitrogens is 1. The van der Waals surface area contributed by atoms with Gasteiger partial charge in [0.05, 0.1) is 0 Å². The van der Waals surface area contributed by atoms with Crippen molar-refractivity contribution in [2.75, 3.05) is 5.32 Å². The van der Waals surface area contributed by atoms with Crippen LogP contribution in [-0.4, -0.2) is 10.9 Å². The minimum atomic E-state index is 0.0432. The molecule has 1 heterocycles. The van der Waals surface area contributed by atoms with Crippen LogP contribution in [-0.2, 0) is 4.79 Å². The van der Waals surface area contributed by atoms with E-state index >= 15 is 0 Å². The highest BCUT2D eigenvalue weighted by molar-refractivity contribution is 9.10. The lowest BCUT2D eigenvalue weighted by Gasteiger charge is -2.04. The number of rotatable bonds is 6. The zero-order valence-corrected chi connectivity index (χ0v) is 11.1. The molecule has 1 N–H and O–H groups in total. The van der Waals surface area contributed by atoms with Crippen molar-refractivity contribution in [3.63, 3.8) is 0 Å². The van der Waals surface area contributed by atoms with Gasteiger partial charge in [-0.3, -0.25) is 4.79 Å². The van der Waals surface area contributed by atoms with Gasteiger partial charge in [0.1, 0.15) is 5.82 Å². The van der Waals surface area contributed by atoms with E-state index in [1.807, 2.05) is 6.07 Å². The molecule has 0 spiro atoms. The second-order valence-corrected chi connectivity index (χ2v) is 4.63. The van der Waals surface area contributed by atoms with Crippen LogP contribution in [0.4, 0.5) is 5.82 Å². The highest BCUT2D eigenvalue weighted by Gasteiger charge is 2.02. The Morgan fingerprint density at radius 3 is 2.94 bits per heavy atom. The van der Waals surface area contributed by atoms with Gasteiger partial charge in [-0.05, 0) is 18.6 Å². The maximum absolute atomic E-state index is 11.5. The highest BCUT2D eigenvalue weighted by atomic mass is 79.9. The number of hydrogen-bond acceptors (Lipinski definition) is 2. The van der Waals surface area contributed by atoms with Crippen LogP contribution in [0.2, 0.25) is 0 Å². The largest absolute Gasteiger partial charge is 0.311 e. The molecule has 3 nitrogen and oxygen atoms in total. The van der Waals surface area contributed by atoms with Crippen LogP contribution in [0.15, 0.2) is 22.8 Å². The molecule has 0 atom stereocenters. The number of unbranched alkanes of at least 4 members (excludes halogenated alkanes) is 3. The minimum Gasteiger partial charge on any atom is -0.311 e. The first-order valence-electron chi connectivity index (χ1n) is 5.63. The van der Waals surface area contributed by atoms with Crippen LogP contribution >= 0.6 is 15.9 Å². The second-order valence-electron chi connectivity index (χ2n) is 3.72. The molecule has 1 aromatic heterocycles. The monoisotopic (exact) mass is 284 g/mol. The molecule has 0 saturated heterocycles. The van der Waals surface area contributed by atoms with Crippen molar-refractivity contribution >= 4 is 27.7 Å². The number of nitrogens with one attached hydrogen (secondary N) is 1. The number of carbonyl (C=O) groups excluding carboxylic acids is 1. The molecule has 0 aromatic carbocycles. The Labute approximate surface area is 105 Å². The minimum absolute atomic E-state index is 0.0432. The predicted molar refractivity (Wildman–Crippen MR) is 69.3 cm³/mol. The summed E-state index contributed by atoms with van der Waals surface area (Å²) < 4.78 is 0.920. The Morgan fingerprint density at radius 2 is 2.25 bits per heavy atom. The number of nitrogens with zero attached hydrogens (tertiary/aromatic N) is 1. The Bertz CT molecular complexity index is 342. The van der Waals surface area contributed by atoms with Gasteiger partial charge < -0.3 is 5.32 Å². The molecule has 1 aromatic rings. The van der Waals surface area contributed by atoms with E-state index in [4.69, 9.17) is 0 Å². The number of pyridine rings is 1. The molecule has 0 bridgehead atoms. The van der Waals surface area contributed by atoms with Crippen LogP contribution < -0.4 is 5.32 Å². The lowest BCUT2D eigenvalue weighted by Crippen LogP contribution is -2.12.